The Bertz CT molecular complexity index is 525. The van der Waals surface area contributed by atoms with Crippen LogP contribution in [0.3, 0.4) is 0 Å². The van der Waals surface area contributed by atoms with Crippen molar-refractivity contribution in [2.24, 2.45) is 5.92 Å². The molecule has 1 atom stereocenters. The zero-order chi connectivity index (χ0) is 16.1. The summed E-state index contributed by atoms with van der Waals surface area (Å²) in [6.07, 6.45) is 1.68. The molecule has 1 aromatic rings. The summed E-state index contributed by atoms with van der Waals surface area (Å²) in [7, 11) is 0. The van der Waals surface area contributed by atoms with Gasteiger partial charge in [-0.3, -0.25) is 4.79 Å². The summed E-state index contributed by atoms with van der Waals surface area (Å²) < 4.78 is 12.9. The van der Waals surface area contributed by atoms with Crippen molar-refractivity contribution in [1.82, 2.24) is 10.6 Å². The van der Waals surface area contributed by atoms with Crippen LogP contribution in [0.5, 0.6) is 0 Å². The van der Waals surface area contributed by atoms with Gasteiger partial charge in [0.05, 0.1) is 6.04 Å². The molecule has 120 valence electrons. The second-order valence-corrected chi connectivity index (χ2v) is 5.78. The van der Waals surface area contributed by atoms with Crippen LogP contribution in [0.4, 0.5) is 9.18 Å². The summed E-state index contributed by atoms with van der Waals surface area (Å²) in [6, 6.07) is 5.84. The molecule has 5 nitrogen and oxygen atoms in total. The average Bonchev–Trinajstić information content (AvgIpc) is 2.48. The first-order chi connectivity index (χ1) is 10.5. The number of hydrogen-bond donors (Lipinski definition) is 3. The van der Waals surface area contributed by atoms with Crippen LogP contribution in [-0.2, 0) is 4.79 Å². The molecule has 1 aromatic carbocycles. The minimum atomic E-state index is -1.02. The zero-order valence-electron chi connectivity index (χ0n) is 12.5. The van der Waals surface area contributed by atoms with E-state index in [1.54, 1.807) is 12.1 Å². The maximum atomic E-state index is 12.9. The van der Waals surface area contributed by atoms with E-state index in [2.05, 4.69) is 10.6 Å². The van der Waals surface area contributed by atoms with Crippen LogP contribution in [0, 0.1) is 11.7 Å². The topological polar surface area (TPSA) is 78.4 Å². The van der Waals surface area contributed by atoms with Gasteiger partial charge in [0, 0.05) is 12.0 Å². The lowest BCUT2D eigenvalue weighted by Crippen LogP contribution is -2.40. The molecule has 0 radical (unpaired) electrons. The number of carbonyl (C=O) groups excluding carboxylic acids is 1. The number of rotatable bonds is 4. The van der Waals surface area contributed by atoms with E-state index in [4.69, 9.17) is 5.11 Å². The first kappa shape index (κ1) is 16.3. The SMILES string of the molecule is CC(NC(=O)C1CCC(NC(=O)O)CC1)c1ccc(F)cc1. The van der Waals surface area contributed by atoms with Gasteiger partial charge in [-0.2, -0.15) is 0 Å². The van der Waals surface area contributed by atoms with Gasteiger partial charge in [0.2, 0.25) is 5.91 Å². The molecular weight excluding hydrogens is 287 g/mol. The molecule has 0 aliphatic heterocycles. The molecule has 0 saturated heterocycles. The zero-order valence-corrected chi connectivity index (χ0v) is 12.5. The van der Waals surface area contributed by atoms with Crippen LogP contribution in [0.2, 0.25) is 0 Å². The Kier molecular flexibility index (Phi) is 5.35. The minimum Gasteiger partial charge on any atom is -0.465 e. The standard InChI is InChI=1S/C16H21FN2O3/c1-10(11-2-6-13(17)7-3-11)18-15(20)12-4-8-14(9-5-12)19-16(21)22/h2-3,6-7,10,12,14,19H,4-5,8-9H2,1H3,(H,18,20)(H,21,22). The van der Waals surface area contributed by atoms with Crippen molar-refractivity contribution in [1.29, 1.82) is 0 Å². The van der Waals surface area contributed by atoms with Gasteiger partial charge in [0.15, 0.2) is 0 Å². The third-order valence-corrected chi connectivity index (χ3v) is 4.15. The number of nitrogens with one attached hydrogen (secondary N) is 2. The molecule has 1 aliphatic rings. The van der Waals surface area contributed by atoms with E-state index in [0.29, 0.717) is 25.7 Å². The number of carboxylic acid groups (broad SMARTS) is 1. The van der Waals surface area contributed by atoms with Crippen LogP contribution in [0.1, 0.15) is 44.2 Å². The Morgan fingerprint density at radius 3 is 2.32 bits per heavy atom. The van der Waals surface area contributed by atoms with Crippen LogP contribution in [-0.4, -0.2) is 23.1 Å². The molecule has 1 saturated carbocycles. The quantitative estimate of drug-likeness (QED) is 0.800. The Morgan fingerprint density at radius 2 is 1.77 bits per heavy atom. The molecule has 1 aliphatic carbocycles. The Balaban J connectivity index is 1.83. The lowest BCUT2D eigenvalue weighted by atomic mass is 9.85. The van der Waals surface area contributed by atoms with Gasteiger partial charge in [-0.1, -0.05) is 12.1 Å². The molecule has 0 heterocycles. The summed E-state index contributed by atoms with van der Waals surface area (Å²) in [4.78, 5) is 22.8. The van der Waals surface area contributed by atoms with Gasteiger partial charge in [-0.05, 0) is 50.3 Å². The van der Waals surface area contributed by atoms with Crippen LogP contribution in [0.25, 0.3) is 0 Å². The Labute approximate surface area is 128 Å². The number of carbonyl (C=O) groups is 2. The maximum Gasteiger partial charge on any atom is 0.404 e. The van der Waals surface area contributed by atoms with E-state index in [9.17, 15) is 14.0 Å². The highest BCUT2D eigenvalue weighted by molar-refractivity contribution is 5.79. The van der Waals surface area contributed by atoms with Gasteiger partial charge in [0.25, 0.3) is 0 Å². The molecule has 2 rings (SSSR count). The van der Waals surface area contributed by atoms with E-state index < -0.39 is 6.09 Å². The molecule has 2 amide bonds. The normalized spacial score (nSPS) is 22.6. The molecule has 0 aromatic heterocycles. The monoisotopic (exact) mass is 308 g/mol. The number of halogens is 1. The number of hydrogen-bond acceptors (Lipinski definition) is 2. The van der Waals surface area contributed by atoms with E-state index >= 15 is 0 Å². The summed E-state index contributed by atoms with van der Waals surface area (Å²) in [5.74, 6) is -0.410. The van der Waals surface area contributed by atoms with E-state index in [1.165, 1.54) is 12.1 Å². The van der Waals surface area contributed by atoms with E-state index in [1.807, 2.05) is 6.92 Å². The summed E-state index contributed by atoms with van der Waals surface area (Å²) in [5, 5.41) is 14.1. The average molecular weight is 308 g/mol. The first-order valence-electron chi connectivity index (χ1n) is 7.51. The first-order valence-corrected chi connectivity index (χ1v) is 7.51. The van der Waals surface area contributed by atoms with Gasteiger partial charge >= 0.3 is 6.09 Å². The predicted octanol–water partition coefficient (Wildman–Crippen LogP) is 2.83. The van der Waals surface area contributed by atoms with Crippen molar-refractivity contribution in [3.63, 3.8) is 0 Å². The Morgan fingerprint density at radius 1 is 1.18 bits per heavy atom. The molecular formula is C16H21FN2O3. The van der Waals surface area contributed by atoms with Crippen molar-refractivity contribution in [2.45, 2.75) is 44.7 Å². The molecule has 0 bridgehead atoms. The smallest absolute Gasteiger partial charge is 0.404 e. The molecule has 1 unspecified atom stereocenters. The Hall–Kier alpha value is -2.11. The predicted molar refractivity (Wildman–Crippen MR) is 79.9 cm³/mol. The fourth-order valence-electron chi connectivity index (χ4n) is 2.84. The molecule has 3 N–H and O–H groups in total. The molecule has 6 heteroatoms. The number of benzene rings is 1. The fraction of sp³-hybridized carbons (Fsp3) is 0.500. The number of amides is 2. The van der Waals surface area contributed by atoms with Crippen molar-refractivity contribution in [3.8, 4) is 0 Å². The second-order valence-electron chi connectivity index (χ2n) is 5.78. The molecule has 22 heavy (non-hydrogen) atoms. The lowest BCUT2D eigenvalue weighted by Gasteiger charge is -2.28. The van der Waals surface area contributed by atoms with Crippen LogP contribution >= 0.6 is 0 Å². The second kappa shape index (κ2) is 7.24. The molecule has 0 spiro atoms. The lowest BCUT2D eigenvalue weighted by molar-refractivity contribution is -0.126. The van der Waals surface area contributed by atoms with Crippen molar-refractivity contribution >= 4 is 12.0 Å². The van der Waals surface area contributed by atoms with Crippen molar-refractivity contribution in [2.75, 3.05) is 0 Å². The highest BCUT2D eigenvalue weighted by Gasteiger charge is 2.27. The van der Waals surface area contributed by atoms with Crippen molar-refractivity contribution in [3.05, 3.63) is 35.6 Å². The third kappa shape index (κ3) is 4.44. The van der Waals surface area contributed by atoms with Gasteiger partial charge in [-0.15, -0.1) is 0 Å². The summed E-state index contributed by atoms with van der Waals surface area (Å²) >= 11 is 0. The third-order valence-electron chi connectivity index (χ3n) is 4.15. The summed E-state index contributed by atoms with van der Waals surface area (Å²) in [5.41, 5.74) is 0.857. The molecule has 1 fully saturated rings. The highest BCUT2D eigenvalue weighted by Crippen LogP contribution is 2.25. The largest absolute Gasteiger partial charge is 0.465 e. The van der Waals surface area contributed by atoms with Crippen LogP contribution < -0.4 is 10.6 Å². The maximum absolute atomic E-state index is 12.9. The van der Waals surface area contributed by atoms with Crippen molar-refractivity contribution < 1.29 is 19.1 Å². The van der Waals surface area contributed by atoms with Gasteiger partial charge in [0.1, 0.15) is 5.82 Å². The van der Waals surface area contributed by atoms with Gasteiger partial charge in [-0.25, -0.2) is 9.18 Å². The highest BCUT2D eigenvalue weighted by atomic mass is 19.1. The fourth-order valence-corrected chi connectivity index (χ4v) is 2.84. The van der Waals surface area contributed by atoms with E-state index in [0.717, 1.165) is 5.56 Å². The van der Waals surface area contributed by atoms with E-state index in [-0.39, 0.29) is 29.7 Å². The summed E-state index contributed by atoms with van der Waals surface area (Å²) in [6.45, 7) is 1.86. The minimum absolute atomic E-state index is 0.0226. The van der Waals surface area contributed by atoms with Gasteiger partial charge < -0.3 is 15.7 Å². The van der Waals surface area contributed by atoms with Crippen LogP contribution in [0.15, 0.2) is 24.3 Å².